The van der Waals surface area contributed by atoms with Gasteiger partial charge in [-0.2, -0.15) is 0 Å². The highest BCUT2D eigenvalue weighted by Gasteiger charge is 2.22. The molecule has 2 N–H and O–H groups in total. The molecule has 9 heteroatoms. The third kappa shape index (κ3) is 4.59. The van der Waals surface area contributed by atoms with Crippen LogP contribution in [-0.2, 0) is 20.6 Å². The molecule has 0 unspecified atom stereocenters. The van der Waals surface area contributed by atoms with E-state index in [9.17, 15) is 23.3 Å². The van der Waals surface area contributed by atoms with Crippen molar-refractivity contribution in [1.29, 1.82) is 0 Å². The molecule has 8 nitrogen and oxygen atoms in total. The zero-order valence-corrected chi connectivity index (χ0v) is 11.5. The maximum atomic E-state index is 11.8. The number of carboxylic acids is 1. The van der Waals surface area contributed by atoms with Gasteiger partial charge in [-0.05, 0) is 12.0 Å². The van der Waals surface area contributed by atoms with Crippen LogP contribution in [0.15, 0.2) is 24.3 Å². The molecule has 110 valence electrons. The van der Waals surface area contributed by atoms with Crippen molar-refractivity contribution in [3.8, 4) is 0 Å². The van der Waals surface area contributed by atoms with Gasteiger partial charge in [-0.3, -0.25) is 14.9 Å². The molecule has 0 aliphatic carbocycles. The molecule has 20 heavy (non-hydrogen) atoms. The predicted octanol–water partition coefficient (Wildman–Crippen LogP) is 0.877. The van der Waals surface area contributed by atoms with E-state index in [2.05, 4.69) is 4.72 Å². The van der Waals surface area contributed by atoms with Crippen LogP contribution in [0.3, 0.4) is 0 Å². The van der Waals surface area contributed by atoms with Gasteiger partial charge in [-0.15, -0.1) is 0 Å². The van der Waals surface area contributed by atoms with E-state index in [0.29, 0.717) is 5.56 Å². The molecule has 1 atom stereocenters. The van der Waals surface area contributed by atoms with Crippen molar-refractivity contribution in [2.24, 2.45) is 0 Å². The van der Waals surface area contributed by atoms with Gasteiger partial charge in [0.05, 0.1) is 10.7 Å². The molecule has 0 bridgehead atoms. The van der Waals surface area contributed by atoms with E-state index in [0.717, 1.165) is 0 Å². The summed E-state index contributed by atoms with van der Waals surface area (Å²) < 4.78 is 25.6. The van der Waals surface area contributed by atoms with Gasteiger partial charge in [0.1, 0.15) is 6.04 Å². The average molecular weight is 302 g/mol. The highest BCUT2D eigenvalue weighted by Crippen LogP contribution is 2.14. The number of nitrogens with zero attached hydrogens (tertiary/aromatic N) is 1. The quantitative estimate of drug-likeness (QED) is 0.568. The largest absolute Gasteiger partial charge is 0.480 e. The summed E-state index contributed by atoms with van der Waals surface area (Å²) in [5.74, 6) is -1.69. The first kappa shape index (κ1) is 16.1. The number of benzene rings is 1. The van der Waals surface area contributed by atoms with Crippen molar-refractivity contribution >= 4 is 21.7 Å². The Morgan fingerprint density at radius 3 is 2.35 bits per heavy atom. The van der Waals surface area contributed by atoms with Gasteiger partial charge in [0, 0.05) is 12.1 Å². The summed E-state index contributed by atoms with van der Waals surface area (Å²) in [6.45, 7) is 1.55. The number of nitro benzene ring substituents is 1. The van der Waals surface area contributed by atoms with Crippen LogP contribution < -0.4 is 4.72 Å². The van der Waals surface area contributed by atoms with E-state index in [4.69, 9.17) is 5.11 Å². The first-order valence-corrected chi connectivity index (χ1v) is 7.36. The fraction of sp³-hybridized carbons (Fsp3) is 0.364. The summed E-state index contributed by atoms with van der Waals surface area (Å²) >= 11 is 0. The molecule has 1 aromatic carbocycles. The highest BCUT2D eigenvalue weighted by atomic mass is 32.2. The molecule has 0 aliphatic heterocycles. The van der Waals surface area contributed by atoms with Crippen LogP contribution >= 0.6 is 0 Å². The lowest BCUT2D eigenvalue weighted by molar-refractivity contribution is -0.384. The number of carboxylic acid groups (broad SMARTS) is 1. The molecule has 0 spiro atoms. The van der Waals surface area contributed by atoms with Crippen molar-refractivity contribution in [2.75, 3.05) is 0 Å². The first-order valence-electron chi connectivity index (χ1n) is 5.71. The van der Waals surface area contributed by atoms with Crippen LogP contribution in [0.25, 0.3) is 0 Å². The second-order valence-corrected chi connectivity index (χ2v) is 5.85. The minimum absolute atomic E-state index is 0.120. The van der Waals surface area contributed by atoms with Crippen molar-refractivity contribution in [3.63, 3.8) is 0 Å². The normalized spacial score (nSPS) is 12.8. The van der Waals surface area contributed by atoms with Crippen LogP contribution in [0.1, 0.15) is 18.9 Å². The zero-order valence-electron chi connectivity index (χ0n) is 10.6. The van der Waals surface area contributed by atoms with Gasteiger partial charge in [0.2, 0.25) is 10.0 Å². The maximum absolute atomic E-state index is 11.8. The van der Waals surface area contributed by atoms with Gasteiger partial charge < -0.3 is 5.11 Å². The minimum atomic E-state index is -3.82. The number of carbonyl (C=O) groups is 1. The molecular weight excluding hydrogens is 288 g/mol. The summed E-state index contributed by atoms with van der Waals surface area (Å²) in [5, 5.41) is 19.3. The number of sulfonamides is 1. The van der Waals surface area contributed by atoms with E-state index in [1.54, 1.807) is 6.92 Å². The molecule has 0 saturated carbocycles. The monoisotopic (exact) mass is 302 g/mol. The van der Waals surface area contributed by atoms with Crippen molar-refractivity contribution < 1.29 is 23.2 Å². The molecule has 0 saturated heterocycles. The van der Waals surface area contributed by atoms with Crippen LogP contribution in [-0.4, -0.2) is 30.5 Å². The summed E-state index contributed by atoms with van der Waals surface area (Å²) in [6, 6.07) is 3.84. The Balaban J connectivity index is 2.80. The third-order valence-corrected chi connectivity index (χ3v) is 3.89. The van der Waals surface area contributed by atoms with E-state index in [1.165, 1.54) is 24.3 Å². The molecule has 1 aromatic rings. The lowest BCUT2D eigenvalue weighted by Crippen LogP contribution is -2.40. The van der Waals surface area contributed by atoms with E-state index in [-0.39, 0.29) is 12.1 Å². The molecule has 0 aromatic heterocycles. The Bertz CT molecular complexity index is 596. The van der Waals surface area contributed by atoms with Gasteiger partial charge in [0.25, 0.3) is 5.69 Å². The van der Waals surface area contributed by atoms with Crippen molar-refractivity contribution in [1.82, 2.24) is 4.72 Å². The SMILES string of the molecule is CC[C@@H](NS(=O)(=O)Cc1ccc([N+](=O)[O-])cc1)C(=O)O. The fourth-order valence-corrected chi connectivity index (χ4v) is 2.92. The van der Waals surface area contributed by atoms with Gasteiger partial charge in [0.15, 0.2) is 0 Å². The van der Waals surface area contributed by atoms with Crippen molar-refractivity contribution in [2.45, 2.75) is 25.1 Å². The van der Waals surface area contributed by atoms with Crippen LogP contribution in [0, 0.1) is 10.1 Å². The van der Waals surface area contributed by atoms with Crippen LogP contribution in [0.2, 0.25) is 0 Å². The predicted molar refractivity (Wildman–Crippen MR) is 70.6 cm³/mol. The van der Waals surface area contributed by atoms with Crippen molar-refractivity contribution in [3.05, 3.63) is 39.9 Å². The lowest BCUT2D eigenvalue weighted by Gasteiger charge is -2.12. The number of aliphatic carboxylic acids is 1. The number of hydrogen-bond donors (Lipinski definition) is 2. The molecular formula is C11H14N2O6S. The van der Waals surface area contributed by atoms with Gasteiger partial charge in [-0.25, -0.2) is 13.1 Å². The van der Waals surface area contributed by atoms with E-state index in [1.807, 2.05) is 0 Å². The van der Waals surface area contributed by atoms with E-state index >= 15 is 0 Å². The maximum Gasteiger partial charge on any atom is 0.321 e. The van der Waals surface area contributed by atoms with Gasteiger partial charge in [-0.1, -0.05) is 19.1 Å². The minimum Gasteiger partial charge on any atom is -0.480 e. The Labute approximate surface area is 115 Å². The second kappa shape index (κ2) is 6.44. The lowest BCUT2D eigenvalue weighted by atomic mass is 10.2. The molecule has 0 fully saturated rings. The van der Waals surface area contributed by atoms with Crippen LogP contribution in [0.5, 0.6) is 0 Å². The van der Waals surface area contributed by atoms with E-state index < -0.39 is 32.7 Å². The highest BCUT2D eigenvalue weighted by molar-refractivity contribution is 7.88. The Morgan fingerprint density at radius 1 is 1.40 bits per heavy atom. The summed E-state index contributed by atoms with van der Waals surface area (Å²) in [4.78, 5) is 20.7. The molecule has 0 radical (unpaired) electrons. The molecule has 0 aliphatic rings. The Morgan fingerprint density at radius 2 is 1.95 bits per heavy atom. The number of non-ortho nitro benzene ring substituents is 1. The number of nitrogens with one attached hydrogen (secondary N) is 1. The summed E-state index contributed by atoms with van der Waals surface area (Å²) in [7, 11) is -3.82. The third-order valence-electron chi connectivity index (χ3n) is 2.53. The van der Waals surface area contributed by atoms with Gasteiger partial charge >= 0.3 is 5.97 Å². The molecule has 0 heterocycles. The van der Waals surface area contributed by atoms with Crippen LogP contribution in [0.4, 0.5) is 5.69 Å². The summed E-state index contributed by atoms with van der Waals surface area (Å²) in [6.07, 6.45) is 0.120. The molecule has 1 rings (SSSR count). The Kier molecular flexibility index (Phi) is 5.17. The number of nitro groups is 1. The second-order valence-electron chi connectivity index (χ2n) is 4.10. The number of hydrogen-bond acceptors (Lipinski definition) is 5. The number of rotatable bonds is 7. The molecule has 0 amide bonds. The summed E-state index contributed by atoms with van der Waals surface area (Å²) in [5.41, 5.74) is 0.194. The average Bonchev–Trinajstić information content (AvgIpc) is 2.35. The smallest absolute Gasteiger partial charge is 0.321 e. The topological polar surface area (TPSA) is 127 Å². The Hall–Kier alpha value is -2.00. The fourth-order valence-electron chi connectivity index (χ4n) is 1.50. The zero-order chi connectivity index (χ0) is 15.3. The standard InChI is InChI=1S/C11H14N2O6S/c1-2-10(11(14)15)12-20(18,19)7-8-3-5-9(6-4-8)13(16)17/h3-6,10,12H,2,7H2,1H3,(H,14,15)/t10-/m1/s1. The first-order chi connectivity index (χ1) is 9.25.